The van der Waals surface area contributed by atoms with Crippen LogP contribution in [0.5, 0.6) is 5.75 Å². The summed E-state index contributed by atoms with van der Waals surface area (Å²) in [6.07, 6.45) is 0. The van der Waals surface area contributed by atoms with Crippen LogP contribution < -0.4 is 4.74 Å². The van der Waals surface area contributed by atoms with Gasteiger partial charge in [-0.3, -0.25) is 0 Å². The van der Waals surface area contributed by atoms with Crippen LogP contribution in [-0.2, 0) is 16.8 Å². The molecule has 1 radical (unpaired) electrons. The van der Waals surface area contributed by atoms with Gasteiger partial charge >= 0.3 is 0 Å². The standard InChI is InChI=1S/C8H9O.Co/c1-7-5-3-4-6-8(7)9-2;/h3,5-6H,1-2H3;/q-1;. The van der Waals surface area contributed by atoms with E-state index in [9.17, 15) is 0 Å². The largest absolute Gasteiger partial charge is 0.554 e. The number of ether oxygens (including phenoxy) is 1. The molecule has 1 rings (SSSR count). The van der Waals surface area contributed by atoms with E-state index in [0.29, 0.717) is 0 Å². The molecule has 0 unspecified atom stereocenters. The van der Waals surface area contributed by atoms with Gasteiger partial charge in [0, 0.05) is 22.5 Å². The van der Waals surface area contributed by atoms with Crippen LogP contribution in [0.25, 0.3) is 0 Å². The first-order valence-electron chi connectivity index (χ1n) is 2.85. The zero-order valence-electron chi connectivity index (χ0n) is 5.97. The molecule has 0 aliphatic carbocycles. The fraction of sp³-hybridized carbons (Fsp3) is 0.250. The van der Waals surface area contributed by atoms with Gasteiger partial charge in [-0.1, -0.05) is 6.92 Å². The Bertz CT molecular complexity index is 198. The Morgan fingerprint density at radius 3 is 2.60 bits per heavy atom. The van der Waals surface area contributed by atoms with Crippen LogP contribution in [0.3, 0.4) is 0 Å². The molecular formula is C8H9CoO-. The number of methoxy groups -OCH3 is 1. The molecule has 0 atom stereocenters. The molecule has 0 heterocycles. The molecule has 1 aromatic rings. The number of hydrogen-bond acceptors (Lipinski definition) is 1. The second-order valence-corrected chi connectivity index (χ2v) is 1.90. The van der Waals surface area contributed by atoms with E-state index < -0.39 is 0 Å². The van der Waals surface area contributed by atoms with Crippen molar-refractivity contribution in [2.75, 3.05) is 7.11 Å². The van der Waals surface area contributed by atoms with Crippen LogP contribution >= 0.6 is 0 Å². The van der Waals surface area contributed by atoms with Crippen molar-refractivity contribution in [1.29, 1.82) is 0 Å². The van der Waals surface area contributed by atoms with Gasteiger partial charge in [-0.15, -0.1) is 11.6 Å². The maximum atomic E-state index is 5.01. The molecule has 0 aliphatic heterocycles. The third-order valence-corrected chi connectivity index (χ3v) is 1.25. The van der Waals surface area contributed by atoms with E-state index >= 15 is 0 Å². The Hall–Kier alpha value is -0.474. The van der Waals surface area contributed by atoms with E-state index in [-0.39, 0.29) is 16.8 Å². The summed E-state index contributed by atoms with van der Waals surface area (Å²) in [4.78, 5) is 0. The number of hydrogen-bond donors (Lipinski definition) is 0. The number of aryl methyl sites for hydroxylation is 1. The fourth-order valence-electron chi connectivity index (χ4n) is 0.713. The normalized spacial score (nSPS) is 8.20. The van der Waals surface area contributed by atoms with Gasteiger partial charge < -0.3 is 4.74 Å². The van der Waals surface area contributed by atoms with Gasteiger partial charge in [0.25, 0.3) is 0 Å². The van der Waals surface area contributed by atoms with Gasteiger partial charge in [0.15, 0.2) is 0 Å². The molecule has 0 bridgehead atoms. The average Bonchev–Trinajstić information content (AvgIpc) is 1.89. The van der Waals surface area contributed by atoms with E-state index in [1.165, 1.54) is 0 Å². The molecule has 1 nitrogen and oxygen atoms in total. The first kappa shape index (κ1) is 9.53. The van der Waals surface area contributed by atoms with Gasteiger partial charge in [0.2, 0.25) is 0 Å². The molecule has 0 fully saturated rings. The number of rotatable bonds is 1. The van der Waals surface area contributed by atoms with E-state index in [1.54, 1.807) is 7.11 Å². The Morgan fingerprint density at radius 2 is 2.20 bits per heavy atom. The van der Waals surface area contributed by atoms with Crippen molar-refractivity contribution >= 4 is 0 Å². The molecule has 0 saturated heterocycles. The summed E-state index contributed by atoms with van der Waals surface area (Å²) in [6.45, 7) is 2.01. The fourth-order valence-corrected chi connectivity index (χ4v) is 0.713. The van der Waals surface area contributed by atoms with Crippen molar-refractivity contribution in [3.63, 3.8) is 0 Å². The number of benzene rings is 1. The van der Waals surface area contributed by atoms with Crippen LogP contribution in [0.15, 0.2) is 18.2 Å². The predicted octanol–water partition coefficient (Wildman–Crippen LogP) is 1.80. The summed E-state index contributed by atoms with van der Waals surface area (Å²) in [7, 11) is 1.66. The van der Waals surface area contributed by atoms with Crippen LogP contribution in [0.2, 0.25) is 0 Å². The minimum Gasteiger partial charge on any atom is -0.554 e. The molecule has 0 saturated carbocycles. The minimum absolute atomic E-state index is 0. The van der Waals surface area contributed by atoms with Gasteiger partial charge in [0.1, 0.15) is 0 Å². The molecule has 57 valence electrons. The summed E-state index contributed by atoms with van der Waals surface area (Å²) in [5.74, 6) is 0.900. The Kier molecular flexibility index (Phi) is 4.15. The maximum absolute atomic E-state index is 5.01. The molecular weight excluding hydrogens is 171 g/mol. The predicted molar refractivity (Wildman–Crippen MR) is 36.6 cm³/mol. The second-order valence-electron chi connectivity index (χ2n) is 1.90. The third-order valence-electron chi connectivity index (χ3n) is 1.25. The monoisotopic (exact) mass is 180 g/mol. The molecule has 2 heteroatoms. The minimum atomic E-state index is 0. The molecule has 10 heavy (non-hydrogen) atoms. The van der Waals surface area contributed by atoms with Gasteiger partial charge in [-0.2, -0.15) is 18.2 Å². The molecule has 0 amide bonds. The molecule has 0 aromatic heterocycles. The summed E-state index contributed by atoms with van der Waals surface area (Å²) >= 11 is 0. The van der Waals surface area contributed by atoms with Crippen molar-refractivity contribution in [1.82, 2.24) is 0 Å². The third kappa shape index (κ3) is 2.04. The molecule has 0 spiro atoms. The smallest absolute Gasteiger partial charge is 0.0607 e. The second kappa shape index (κ2) is 4.36. The van der Waals surface area contributed by atoms with Crippen LogP contribution in [-0.4, -0.2) is 7.11 Å². The Labute approximate surface area is 71.6 Å². The molecule has 0 N–H and O–H groups in total. The molecule has 1 aromatic carbocycles. The quantitative estimate of drug-likeness (QED) is 0.599. The van der Waals surface area contributed by atoms with Crippen molar-refractivity contribution in [3.8, 4) is 5.75 Å². The van der Waals surface area contributed by atoms with Crippen LogP contribution in [0.4, 0.5) is 0 Å². The van der Waals surface area contributed by atoms with Gasteiger partial charge in [-0.05, 0) is 0 Å². The summed E-state index contributed by atoms with van der Waals surface area (Å²) in [6, 6.07) is 8.60. The molecule has 0 aliphatic rings. The topological polar surface area (TPSA) is 9.23 Å². The Morgan fingerprint density at radius 1 is 1.50 bits per heavy atom. The van der Waals surface area contributed by atoms with Gasteiger partial charge in [0.05, 0.1) is 7.11 Å². The first-order chi connectivity index (χ1) is 4.34. The summed E-state index contributed by atoms with van der Waals surface area (Å²) in [5, 5.41) is 0. The van der Waals surface area contributed by atoms with Gasteiger partial charge in [-0.25, -0.2) is 0 Å². The average molecular weight is 180 g/mol. The first-order valence-corrected chi connectivity index (χ1v) is 2.85. The van der Waals surface area contributed by atoms with E-state index in [4.69, 9.17) is 4.74 Å². The Balaban J connectivity index is 0.000000810. The van der Waals surface area contributed by atoms with Crippen molar-refractivity contribution < 1.29 is 21.5 Å². The van der Waals surface area contributed by atoms with Crippen LogP contribution in [0.1, 0.15) is 5.56 Å². The maximum Gasteiger partial charge on any atom is 0.0607 e. The zero-order valence-corrected chi connectivity index (χ0v) is 7.01. The van der Waals surface area contributed by atoms with Crippen molar-refractivity contribution in [3.05, 3.63) is 29.8 Å². The van der Waals surface area contributed by atoms with E-state index in [1.807, 2.05) is 25.1 Å². The van der Waals surface area contributed by atoms with Crippen molar-refractivity contribution in [2.24, 2.45) is 0 Å². The van der Waals surface area contributed by atoms with E-state index in [2.05, 4.69) is 6.07 Å². The summed E-state index contributed by atoms with van der Waals surface area (Å²) in [5.41, 5.74) is 1.15. The zero-order chi connectivity index (χ0) is 6.69. The SMILES string of the molecule is COc1c[c-]ccc1C.[Co]. The summed E-state index contributed by atoms with van der Waals surface area (Å²) < 4.78 is 5.01. The van der Waals surface area contributed by atoms with Crippen molar-refractivity contribution in [2.45, 2.75) is 6.92 Å². The van der Waals surface area contributed by atoms with E-state index in [0.717, 1.165) is 11.3 Å². The van der Waals surface area contributed by atoms with Crippen LogP contribution in [0, 0.1) is 13.0 Å².